The third-order valence-electron chi connectivity index (χ3n) is 3.44. The fraction of sp³-hybridized carbons (Fsp3) is 0.636. The first-order valence-corrected chi connectivity index (χ1v) is 6.71. The zero-order valence-corrected chi connectivity index (χ0v) is 11.0. The molecule has 3 heteroatoms. The number of halogens is 1. The van der Waals surface area contributed by atoms with E-state index in [1.54, 1.807) is 0 Å². The minimum absolute atomic E-state index is 0.252. The van der Waals surface area contributed by atoms with E-state index in [1.807, 2.05) is 11.3 Å². The normalized spacial score (nSPS) is 20.9. The first-order chi connectivity index (χ1) is 6.59. The third kappa shape index (κ3) is 1.66. The average molecular weight is 274 g/mol. The lowest BCUT2D eigenvalue weighted by atomic mass is 9.93. The smallest absolute Gasteiger partial charge is 0.0447 e. The van der Waals surface area contributed by atoms with E-state index in [-0.39, 0.29) is 6.04 Å². The van der Waals surface area contributed by atoms with Crippen LogP contribution < -0.4 is 5.73 Å². The molecule has 0 radical (unpaired) electrons. The van der Waals surface area contributed by atoms with Crippen molar-refractivity contribution in [1.82, 2.24) is 0 Å². The van der Waals surface area contributed by atoms with Gasteiger partial charge in [-0.15, -0.1) is 11.3 Å². The summed E-state index contributed by atoms with van der Waals surface area (Å²) in [7, 11) is 0. The highest BCUT2D eigenvalue weighted by Crippen LogP contribution is 2.57. The second-order valence-electron chi connectivity index (χ2n) is 4.25. The van der Waals surface area contributed by atoms with Crippen LogP contribution in [0.15, 0.2) is 10.5 Å². The van der Waals surface area contributed by atoms with Gasteiger partial charge in [0.1, 0.15) is 0 Å². The molecule has 78 valence electrons. The minimum Gasteiger partial charge on any atom is -0.323 e. The topological polar surface area (TPSA) is 26.0 Å². The van der Waals surface area contributed by atoms with Gasteiger partial charge in [0.15, 0.2) is 0 Å². The molecule has 2 N–H and O–H groups in total. The maximum atomic E-state index is 6.32. The monoisotopic (exact) mass is 273 g/mol. The Balaban J connectivity index is 2.23. The summed E-state index contributed by atoms with van der Waals surface area (Å²) in [5.41, 5.74) is 6.74. The molecule has 1 atom stereocenters. The lowest BCUT2D eigenvalue weighted by molar-refractivity contribution is 0.399. The van der Waals surface area contributed by atoms with Crippen LogP contribution in [0.4, 0.5) is 0 Å². The summed E-state index contributed by atoms with van der Waals surface area (Å²) in [6, 6.07) is 2.45. The number of thiophene rings is 1. The Hall–Kier alpha value is 0.140. The number of hydrogen-bond donors (Lipinski definition) is 1. The Morgan fingerprint density at radius 1 is 1.64 bits per heavy atom. The molecular formula is C11H16BrNS. The van der Waals surface area contributed by atoms with Gasteiger partial charge in [0.25, 0.3) is 0 Å². The molecular weight excluding hydrogens is 258 g/mol. The Morgan fingerprint density at radius 3 is 2.64 bits per heavy atom. The van der Waals surface area contributed by atoms with Crippen LogP contribution in [-0.4, -0.2) is 0 Å². The number of nitrogens with two attached hydrogens (primary N) is 1. The van der Waals surface area contributed by atoms with Crippen molar-refractivity contribution < 1.29 is 0 Å². The van der Waals surface area contributed by atoms with Crippen LogP contribution in [0.5, 0.6) is 0 Å². The van der Waals surface area contributed by atoms with Gasteiger partial charge in [0, 0.05) is 20.3 Å². The second kappa shape index (κ2) is 3.62. The van der Waals surface area contributed by atoms with Crippen molar-refractivity contribution in [2.24, 2.45) is 11.1 Å². The van der Waals surface area contributed by atoms with Crippen molar-refractivity contribution >= 4 is 27.3 Å². The molecule has 1 fully saturated rings. The molecule has 0 saturated heterocycles. The molecule has 0 aliphatic heterocycles. The Morgan fingerprint density at radius 2 is 2.29 bits per heavy atom. The number of aryl methyl sites for hydroxylation is 1. The second-order valence-corrected chi connectivity index (χ2v) is 6.39. The largest absolute Gasteiger partial charge is 0.323 e. The van der Waals surface area contributed by atoms with E-state index in [4.69, 9.17) is 5.73 Å². The highest BCUT2D eigenvalue weighted by atomic mass is 79.9. The molecule has 0 spiro atoms. The van der Waals surface area contributed by atoms with E-state index in [0.717, 1.165) is 0 Å². The summed E-state index contributed by atoms with van der Waals surface area (Å²) < 4.78 is 1.21. The molecule has 1 aromatic rings. The van der Waals surface area contributed by atoms with E-state index in [1.165, 1.54) is 33.5 Å². The van der Waals surface area contributed by atoms with Crippen molar-refractivity contribution in [2.75, 3.05) is 0 Å². The first kappa shape index (κ1) is 10.7. The van der Waals surface area contributed by atoms with Crippen molar-refractivity contribution in [3.05, 3.63) is 20.3 Å². The van der Waals surface area contributed by atoms with Crippen molar-refractivity contribution in [3.8, 4) is 0 Å². The molecule has 0 aromatic carbocycles. The predicted octanol–water partition coefficient (Wildman–Crippen LogP) is 4.01. The van der Waals surface area contributed by atoms with Crippen molar-refractivity contribution in [3.63, 3.8) is 0 Å². The zero-order chi connectivity index (χ0) is 10.3. The van der Waals surface area contributed by atoms with E-state index in [9.17, 15) is 0 Å². The summed E-state index contributed by atoms with van der Waals surface area (Å²) in [4.78, 5) is 2.68. The lowest BCUT2D eigenvalue weighted by Crippen LogP contribution is -2.20. The van der Waals surface area contributed by atoms with E-state index in [2.05, 4.69) is 35.8 Å². The minimum atomic E-state index is 0.252. The van der Waals surface area contributed by atoms with Crippen LogP contribution in [0.3, 0.4) is 0 Å². The van der Waals surface area contributed by atoms with Crippen LogP contribution in [0, 0.1) is 12.3 Å². The number of hydrogen-bond acceptors (Lipinski definition) is 2. The molecule has 2 rings (SSSR count). The highest BCUT2D eigenvalue weighted by molar-refractivity contribution is 9.10. The third-order valence-corrected chi connectivity index (χ3v) is 5.66. The van der Waals surface area contributed by atoms with Crippen molar-refractivity contribution in [1.29, 1.82) is 0 Å². The van der Waals surface area contributed by atoms with Crippen LogP contribution in [-0.2, 0) is 0 Å². The molecule has 0 bridgehead atoms. The van der Waals surface area contributed by atoms with Gasteiger partial charge in [-0.25, -0.2) is 0 Å². The Kier molecular flexibility index (Phi) is 2.75. The molecule has 0 amide bonds. The summed E-state index contributed by atoms with van der Waals surface area (Å²) in [6.45, 7) is 4.39. The molecule has 1 saturated carbocycles. The fourth-order valence-electron chi connectivity index (χ4n) is 1.98. The standard InChI is InChI=1S/C11H16BrNS/c1-3-11(4-5-11)10(13)9-6-8(12)7(2)14-9/h6,10H,3-5,13H2,1-2H3. The summed E-state index contributed by atoms with van der Waals surface area (Å²) in [5.74, 6) is 0. The van der Waals surface area contributed by atoms with E-state index >= 15 is 0 Å². The van der Waals surface area contributed by atoms with Crippen LogP contribution in [0.25, 0.3) is 0 Å². The summed E-state index contributed by atoms with van der Waals surface area (Å²) in [5, 5.41) is 0. The quantitative estimate of drug-likeness (QED) is 0.885. The Labute approximate surface area is 97.8 Å². The van der Waals surface area contributed by atoms with E-state index < -0.39 is 0 Å². The molecule has 1 aliphatic carbocycles. The average Bonchev–Trinajstić information content (AvgIpc) is 2.90. The predicted molar refractivity (Wildman–Crippen MR) is 65.6 cm³/mol. The van der Waals surface area contributed by atoms with Gasteiger partial charge < -0.3 is 5.73 Å². The molecule has 1 aromatic heterocycles. The van der Waals surface area contributed by atoms with Gasteiger partial charge in [-0.1, -0.05) is 6.92 Å². The number of rotatable bonds is 3. The maximum absolute atomic E-state index is 6.32. The van der Waals surface area contributed by atoms with Crippen LogP contribution >= 0.6 is 27.3 Å². The molecule has 1 aliphatic rings. The van der Waals surface area contributed by atoms with Gasteiger partial charge in [-0.2, -0.15) is 0 Å². The van der Waals surface area contributed by atoms with E-state index in [0.29, 0.717) is 5.41 Å². The van der Waals surface area contributed by atoms with Gasteiger partial charge in [-0.05, 0) is 53.6 Å². The first-order valence-electron chi connectivity index (χ1n) is 5.10. The molecule has 1 nitrogen and oxygen atoms in total. The Bertz CT molecular complexity index is 322. The SMILES string of the molecule is CCC1(C(N)c2cc(Br)c(C)s2)CC1. The van der Waals surface area contributed by atoms with Crippen LogP contribution in [0.2, 0.25) is 0 Å². The fourth-order valence-corrected chi connectivity index (χ4v) is 3.69. The van der Waals surface area contributed by atoms with Gasteiger partial charge in [0.2, 0.25) is 0 Å². The summed E-state index contributed by atoms with van der Waals surface area (Å²) >= 11 is 5.38. The lowest BCUT2D eigenvalue weighted by Gasteiger charge is -2.20. The van der Waals surface area contributed by atoms with Gasteiger partial charge in [0.05, 0.1) is 0 Å². The molecule has 1 unspecified atom stereocenters. The van der Waals surface area contributed by atoms with Gasteiger partial charge in [-0.3, -0.25) is 0 Å². The highest BCUT2D eigenvalue weighted by Gasteiger charge is 2.47. The van der Waals surface area contributed by atoms with Crippen LogP contribution in [0.1, 0.15) is 42.0 Å². The summed E-state index contributed by atoms with van der Waals surface area (Å²) in [6.07, 6.45) is 3.82. The van der Waals surface area contributed by atoms with Crippen molar-refractivity contribution in [2.45, 2.75) is 39.2 Å². The zero-order valence-electron chi connectivity index (χ0n) is 8.64. The maximum Gasteiger partial charge on any atom is 0.0447 e. The van der Waals surface area contributed by atoms with Gasteiger partial charge >= 0.3 is 0 Å². The molecule has 1 heterocycles. The molecule has 14 heavy (non-hydrogen) atoms.